The fraction of sp³-hybridized carbons (Fsp3) is 0.188. The number of amides is 1. The smallest absolute Gasteiger partial charge is 0.251 e. The number of hydrogen-bond donors (Lipinski definition) is 2. The zero-order valence-electron chi connectivity index (χ0n) is 11.8. The molecule has 4 heteroatoms. The average Bonchev–Trinajstić information content (AvgIpc) is 2.46. The van der Waals surface area contributed by atoms with Crippen LogP contribution in [0.4, 0.5) is 11.4 Å². The first-order valence-electron chi connectivity index (χ1n) is 6.47. The van der Waals surface area contributed by atoms with Gasteiger partial charge in [-0.2, -0.15) is 0 Å². The van der Waals surface area contributed by atoms with Crippen molar-refractivity contribution in [2.45, 2.75) is 6.54 Å². The normalized spacial score (nSPS) is 10.1. The van der Waals surface area contributed by atoms with Gasteiger partial charge in [-0.15, -0.1) is 0 Å². The molecule has 2 aromatic carbocycles. The number of nitrogens with two attached hydrogens (primary N) is 1. The number of rotatable bonds is 4. The summed E-state index contributed by atoms with van der Waals surface area (Å²) in [6, 6.07) is 15.0. The zero-order valence-corrected chi connectivity index (χ0v) is 11.8. The number of anilines is 2. The van der Waals surface area contributed by atoms with E-state index in [0.29, 0.717) is 17.8 Å². The first kappa shape index (κ1) is 13.9. The summed E-state index contributed by atoms with van der Waals surface area (Å²) in [5.74, 6) is -0.0986. The quantitative estimate of drug-likeness (QED) is 0.837. The van der Waals surface area contributed by atoms with Crippen LogP contribution in [0.2, 0.25) is 0 Å². The van der Waals surface area contributed by atoms with Crippen LogP contribution in [0.3, 0.4) is 0 Å². The third-order valence-electron chi connectivity index (χ3n) is 3.14. The Labute approximate surface area is 119 Å². The van der Waals surface area contributed by atoms with Crippen molar-refractivity contribution in [1.82, 2.24) is 5.32 Å². The van der Waals surface area contributed by atoms with E-state index in [0.717, 1.165) is 11.3 Å². The van der Waals surface area contributed by atoms with E-state index in [9.17, 15) is 4.79 Å². The molecule has 2 aromatic rings. The minimum atomic E-state index is -0.0986. The maximum Gasteiger partial charge on any atom is 0.251 e. The van der Waals surface area contributed by atoms with Gasteiger partial charge in [0.15, 0.2) is 0 Å². The van der Waals surface area contributed by atoms with Gasteiger partial charge in [-0.1, -0.05) is 18.2 Å². The van der Waals surface area contributed by atoms with E-state index in [-0.39, 0.29) is 5.91 Å². The van der Waals surface area contributed by atoms with E-state index < -0.39 is 0 Å². The fourth-order valence-corrected chi connectivity index (χ4v) is 1.88. The number of hydrogen-bond acceptors (Lipinski definition) is 3. The molecule has 1 amide bonds. The highest BCUT2D eigenvalue weighted by atomic mass is 16.1. The molecule has 20 heavy (non-hydrogen) atoms. The van der Waals surface area contributed by atoms with Crippen LogP contribution < -0.4 is 16.0 Å². The largest absolute Gasteiger partial charge is 0.398 e. The van der Waals surface area contributed by atoms with Crippen molar-refractivity contribution in [2.75, 3.05) is 24.7 Å². The van der Waals surface area contributed by atoms with Crippen molar-refractivity contribution in [2.24, 2.45) is 0 Å². The summed E-state index contributed by atoms with van der Waals surface area (Å²) in [5.41, 5.74) is 9.16. The number of nitrogen functional groups attached to an aromatic ring is 1. The molecule has 0 unspecified atom stereocenters. The monoisotopic (exact) mass is 269 g/mol. The molecule has 2 rings (SSSR count). The summed E-state index contributed by atoms with van der Waals surface area (Å²) in [7, 11) is 3.93. The van der Waals surface area contributed by atoms with E-state index >= 15 is 0 Å². The minimum absolute atomic E-state index is 0.0986. The SMILES string of the molecule is CN(C)c1ccc(C(=O)NCc2ccccc2N)cc1. The van der Waals surface area contributed by atoms with Crippen LogP contribution in [0.1, 0.15) is 15.9 Å². The third kappa shape index (κ3) is 3.29. The Morgan fingerprint density at radius 2 is 1.75 bits per heavy atom. The number of benzene rings is 2. The molecule has 0 spiro atoms. The van der Waals surface area contributed by atoms with Crippen molar-refractivity contribution in [1.29, 1.82) is 0 Å². The van der Waals surface area contributed by atoms with Gasteiger partial charge in [0, 0.05) is 37.6 Å². The molecule has 0 fully saturated rings. The Morgan fingerprint density at radius 1 is 1.10 bits per heavy atom. The zero-order chi connectivity index (χ0) is 14.5. The molecular weight excluding hydrogens is 250 g/mol. The van der Waals surface area contributed by atoms with E-state index in [1.165, 1.54) is 0 Å². The van der Waals surface area contributed by atoms with Gasteiger partial charge in [0.1, 0.15) is 0 Å². The Balaban J connectivity index is 2.00. The number of carbonyl (C=O) groups excluding carboxylic acids is 1. The van der Waals surface area contributed by atoms with Crippen molar-refractivity contribution >= 4 is 17.3 Å². The Hall–Kier alpha value is -2.49. The van der Waals surface area contributed by atoms with Gasteiger partial charge < -0.3 is 16.0 Å². The van der Waals surface area contributed by atoms with Crippen LogP contribution in [0, 0.1) is 0 Å². The molecule has 3 N–H and O–H groups in total. The van der Waals surface area contributed by atoms with Crippen molar-refractivity contribution in [3.8, 4) is 0 Å². The highest BCUT2D eigenvalue weighted by Crippen LogP contribution is 2.13. The van der Waals surface area contributed by atoms with Crippen LogP contribution in [0.15, 0.2) is 48.5 Å². The summed E-state index contributed by atoms with van der Waals surface area (Å²) >= 11 is 0. The molecule has 0 bridgehead atoms. The van der Waals surface area contributed by atoms with Crippen molar-refractivity contribution in [3.63, 3.8) is 0 Å². The van der Waals surface area contributed by atoms with Gasteiger partial charge in [0.2, 0.25) is 0 Å². The van der Waals surface area contributed by atoms with Crippen LogP contribution in [-0.4, -0.2) is 20.0 Å². The molecule has 0 aliphatic heterocycles. The maximum absolute atomic E-state index is 12.0. The average molecular weight is 269 g/mol. The lowest BCUT2D eigenvalue weighted by atomic mass is 10.1. The van der Waals surface area contributed by atoms with Crippen molar-refractivity contribution < 1.29 is 4.79 Å². The number of para-hydroxylation sites is 1. The fourth-order valence-electron chi connectivity index (χ4n) is 1.88. The summed E-state index contributed by atoms with van der Waals surface area (Å²) in [4.78, 5) is 14.0. The van der Waals surface area contributed by atoms with Gasteiger partial charge in [-0.3, -0.25) is 4.79 Å². The van der Waals surface area contributed by atoms with Gasteiger partial charge >= 0.3 is 0 Å². The molecule has 0 aliphatic rings. The van der Waals surface area contributed by atoms with E-state index in [4.69, 9.17) is 5.73 Å². The molecule has 0 saturated heterocycles. The number of nitrogens with zero attached hydrogens (tertiary/aromatic N) is 1. The standard InChI is InChI=1S/C16H19N3O/c1-19(2)14-9-7-12(8-10-14)16(20)18-11-13-5-3-4-6-15(13)17/h3-10H,11,17H2,1-2H3,(H,18,20). The highest BCUT2D eigenvalue weighted by molar-refractivity contribution is 5.94. The van der Waals surface area contributed by atoms with Gasteiger partial charge in [0.05, 0.1) is 0 Å². The predicted molar refractivity (Wildman–Crippen MR) is 82.8 cm³/mol. The summed E-state index contributed by atoms with van der Waals surface area (Å²) in [5, 5.41) is 2.87. The summed E-state index contributed by atoms with van der Waals surface area (Å²) in [6.07, 6.45) is 0. The van der Waals surface area contributed by atoms with Gasteiger partial charge in [-0.25, -0.2) is 0 Å². The second-order valence-corrected chi connectivity index (χ2v) is 4.82. The summed E-state index contributed by atoms with van der Waals surface area (Å²) in [6.45, 7) is 0.431. The lowest BCUT2D eigenvalue weighted by Gasteiger charge is -2.13. The third-order valence-corrected chi connectivity index (χ3v) is 3.14. The molecule has 0 radical (unpaired) electrons. The lowest BCUT2D eigenvalue weighted by molar-refractivity contribution is 0.0951. The maximum atomic E-state index is 12.0. The Bertz CT molecular complexity index is 591. The second-order valence-electron chi connectivity index (χ2n) is 4.82. The summed E-state index contributed by atoms with van der Waals surface area (Å²) < 4.78 is 0. The first-order valence-corrected chi connectivity index (χ1v) is 6.47. The van der Waals surface area contributed by atoms with E-state index in [2.05, 4.69) is 5.32 Å². The van der Waals surface area contributed by atoms with Gasteiger partial charge in [-0.05, 0) is 35.9 Å². The molecule has 0 saturated carbocycles. The molecule has 4 nitrogen and oxygen atoms in total. The van der Waals surface area contributed by atoms with Crippen LogP contribution in [0.25, 0.3) is 0 Å². The minimum Gasteiger partial charge on any atom is -0.398 e. The van der Waals surface area contributed by atoms with Crippen LogP contribution in [0.5, 0.6) is 0 Å². The number of nitrogens with one attached hydrogen (secondary N) is 1. The first-order chi connectivity index (χ1) is 9.58. The lowest BCUT2D eigenvalue weighted by Crippen LogP contribution is -2.23. The topological polar surface area (TPSA) is 58.4 Å². The second kappa shape index (κ2) is 6.10. The highest BCUT2D eigenvalue weighted by Gasteiger charge is 2.06. The molecule has 0 aromatic heterocycles. The van der Waals surface area contributed by atoms with E-state index in [1.807, 2.05) is 67.5 Å². The van der Waals surface area contributed by atoms with Gasteiger partial charge in [0.25, 0.3) is 5.91 Å². The van der Waals surface area contributed by atoms with Crippen LogP contribution in [-0.2, 0) is 6.54 Å². The molecular formula is C16H19N3O. The predicted octanol–water partition coefficient (Wildman–Crippen LogP) is 2.26. The molecule has 0 heterocycles. The molecule has 0 aliphatic carbocycles. The molecule has 104 valence electrons. The Kier molecular flexibility index (Phi) is 4.25. The Morgan fingerprint density at radius 3 is 2.35 bits per heavy atom. The van der Waals surface area contributed by atoms with Crippen molar-refractivity contribution in [3.05, 3.63) is 59.7 Å². The molecule has 0 atom stereocenters. The van der Waals surface area contributed by atoms with Crippen LogP contribution >= 0.6 is 0 Å². The van der Waals surface area contributed by atoms with E-state index in [1.54, 1.807) is 0 Å². The number of carbonyl (C=O) groups is 1.